The van der Waals surface area contributed by atoms with Crippen LogP contribution in [0.15, 0.2) is 23.4 Å². The zero-order chi connectivity index (χ0) is 15.4. The Morgan fingerprint density at radius 3 is 2.20 bits per heavy atom. The van der Waals surface area contributed by atoms with Gasteiger partial charge in [0.05, 0.1) is 6.21 Å². The van der Waals surface area contributed by atoms with Crippen LogP contribution in [0.4, 0.5) is 0 Å². The van der Waals surface area contributed by atoms with Crippen LogP contribution in [0.25, 0.3) is 0 Å². The molecule has 0 saturated heterocycles. The van der Waals surface area contributed by atoms with Gasteiger partial charge in [0.15, 0.2) is 0 Å². The van der Waals surface area contributed by atoms with Gasteiger partial charge in [-0.2, -0.15) is 0 Å². The van der Waals surface area contributed by atoms with Gasteiger partial charge in [0.1, 0.15) is 5.75 Å². The fourth-order valence-electron chi connectivity index (χ4n) is 1.58. The molecular formula is C15H27NO2Si2. The van der Waals surface area contributed by atoms with E-state index in [4.69, 9.17) is 8.95 Å². The van der Waals surface area contributed by atoms with Gasteiger partial charge < -0.3 is 8.95 Å². The maximum Gasteiger partial charge on any atom is 0.278 e. The number of aryl methyl sites for hydroxylation is 1. The molecule has 20 heavy (non-hydrogen) atoms. The van der Waals surface area contributed by atoms with Gasteiger partial charge in [0, 0.05) is 5.56 Å². The molecule has 112 valence electrons. The second-order valence-corrected chi connectivity index (χ2v) is 15.7. The molecule has 1 aromatic carbocycles. The summed E-state index contributed by atoms with van der Waals surface area (Å²) in [6, 6.07) is 6.30. The monoisotopic (exact) mass is 309 g/mol. The summed E-state index contributed by atoms with van der Waals surface area (Å²) in [4.78, 5) is 0. The van der Waals surface area contributed by atoms with Crippen LogP contribution in [0, 0.1) is 0 Å². The van der Waals surface area contributed by atoms with E-state index >= 15 is 0 Å². The quantitative estimate of drug-likeness (QED) is 0.435. The molecule has 3 nitrogen and oxygen atoms in total. The van der Waals surface area contributed by atoms with E-state index in [-0.39, 0.29) is 0 Å². The second kappa shape index (κ2) is 6.58. The molecule has 0 N–H and O–H groups in total. The van der Waals surface area contributed by atoms with Gasteiger partial charge in [-0.05, 0) is 63.4 Å². The van der Waals surface area contributed by atoms with Crippen LogP contribution in [0.5, 0.6) is 5.75 Å². The molecule has 0 radical (unpaired) electrons. The van der Waals surface area contributed by atoms with E-state index in [1.54, 1.807) is 6.21 Å². The first-order valence-electron chi connectivity index (χ1n) is 7.14. The van der Waals surface area contributed by atoms with Crippen LogP contribution in [-0.4, -0.2) is 22.8 Å². The van der Waals surface area contributed by atoms with Gasteiger partial charge in [-0.1, -0.05) is 13.0 Å². The lowest BCUT2D eigenvalue weighted by Gasteiger charge is -2.21. The Bertz CT molecular complexity index is 474. The van der Waals surface area contributed by atoms with Crippen molar-refractivity contribution in [3.63, 3.8) is 0 Å². The molecule has 0 atom stereocenters. The standard InChI is InChI=1S/C15H27NO2Si2/c1-8-13-9-10-15(17-19(2,3)4)14(11-13)12-16-18-20(5,6)7/h9-12H,8H2,1-7H3. The average molecular weight is 310 g/mol. The van der Waals surface area contributed by atoms with Crippen molar-refractivity contribution in [2.75, 3.05) is 0 Å². The molecule has 5 heteroatoms. The lowest BCUT2D eigenvalue weighted by atomic mass is 10.1. The Balaban J connectivity index is 3.00. The first-order valence-corrected chi connectivity index (χ1v) is 14.0. The lowest BCUT2D eigenvalue weighted by molar-refractivity contribution is 0.338. The van der Waals surface area contributed by atoms with Crippen LogP contribution in [-0.2, 0) is 10.9 Å². The maximum atomic E-state index is 6.12. The molecule has 0 aliphatic heterocycles. The molecule has 1 rings (SSSR count). The molecule has 0 saturated carbocycles. The predicted octanol–water partition coefficient (Wildman–Crippen LogP) is 4.65. The fourth-order valence-corrected chi connectivity index (χ4v) is 2.80. The number of hydrogen-bond donors (Lipinski definition) is 0. The predicted molar refractivity (Wildman–Crippen MR) is 91.8 cm³/mol. The highest BCUT2D eigenvalue weighted by Gasteiger charge is 2.18. The topological polar surface area (TPSA) is 30.8 Å². The summed E-state index contributed by atoms with van der Waals surface area (Å²) in [6.07, 6.45) is 2.79. The Labute approximate surface area is 125 Å². The van der Waals surface area contributed by atoms with Gasteiger partial charge in [-0.3, -0.25) is 0 Å². The molecule has 0 spiro atoms. The molecule has 0 aliphatic rings. The average Bonchev–Trinajstić information content (AvgIpc) is 2.27. The van der Waals surface area contributed by atoms with Crippen molar-refractivity contribution in [3.8, 4) is 5.75 Å². The van der Waals surface area contributed by atoms with Gasteiger partial charge in [0.25, 0.3) is 8.32 Å². The Morgan fingerprint density at radius 2 is 1.70 bits per heavy atom. The molecule has 0 bridgehead atoms. The van der Waals surface area contributed by atoms with Gasteiger partial charge in [0.2, 0.25) is 8.32 Å². The normalized spacial score (nSPS) is 12.8. The Kier molecular flexibility index (Phi) is 5.59. The Hall–Kier alpha value is -1.08. The molecule has 0 amide bonds. The van der Waals surface area contributed by atoms with Crippen LogP contribution >= 0.6 is 0 Å². The number of rotatable bonds is 6. The van der Waals surface area contributed by atoms with Crippen LogP contribution < -0.4 is 4.43 Å². The van der Waals surface area contributed by atoms with Crippen molar-refractivity contribution in [1.82, 2.24) is 0 Å². The number of nitrogens with zero attached hydrogens (tertiary/aromatic N) is 1. The van der Waals surface area contributed by atoms with Crippen LogP contribution in [0.3, 0.4) is 0 Å². The minimum atomic E-state index is -1.63. The largest absolute Gasteiger partial charge is 0.544 e. The minimum Gasteiger partial charge on any atom is -0.544 e. The summed E-state index contributed by atoms with van der Waals surface area (Å²) in [6.45, 7) is 15.0. The number of hydrogen-bond acceptors (Lipinski definition) is 3. The van der Waals surface area contributed by atoms with E-state index in [1.165, 1.54) is 5.56 Å². The zero-order valence-electron chi connectivity index (χ0n) is 13.8. The SMILES string of the molecule is CCc1ccc(O[Si](C)(C)C)c(C=NO[Si](C)(C)C)c1. The molecule has 1 aromatic rings. The fraction of sp³-hybridized carbons (Fsp3) is 0.533. The Morgan fingerprint density at radius 1 is 1.05 bits per heavy atom. The molecule has 0 aliphatic carbocycles. The zero-order valence-corrected chi connectivity index (χ0v) is 15.8. The third-order valence-corrected chi connectivity index (χ3v) is 3.90. The van der Waals surface area contributed by atoms with E-state index < -0.39 is 16.6 Å². The second-order valence-electron chi connectivity index (χ2n) is 6.88. The van der Waals surface area contributed by atoms with E-state index in [0.717, 1.165) is 17.7 Å². The third kappa shape index (κ3) is 6.39. The van der Waals surface area contributed by atoms with E-state index in [2.05, 4.69) is 63.5 Å². The molecule has 0 fully saturated rings. The molecule has 0 heterocycles. The van der Waals surface area contributed by atoms with E-state index in [1.807, 2.05) is 6.07 Å². The van der Waals surface area contributed by atoms with Crippen LogP contribution in [0.1, 0.15) is 18.1 Å². The third-order valence-electron chi connectivity index (χ3n) is 2.42. The van der Waals surface area contributed by atoms with Gasteiger partial charge in [-0.25, -0.2) is 0 Å². The number of benzene rings is 1. The maximum absolute atomic E-state index is 6.12. The van der Waals surface area contributed by atoms with Crippen molar-refractivity contribution in [2.24, 2.45) is 5.16 Å². The number of oxime groups is 1. The molecule has 0 unspecified atom stereocenters. The highest BCUT2D eigenvalue weighted by molar-refractivity contribution is 6.70. The molecular weight excluding hydrogens is 282 g/mol. The van der Waals surface area contributed by atoms with Crippen molar-refractivity contribution >= 4 is 22.8 Å². The summed E-state index contributed by atoms with van der Waals surface area (Å²) < 4.78 is 11.7. The highest BCUT2D eigenvalue weighted by atomic mass is 28.4. The van der Waals surface area contributed by atoms with Crippen molar-refractivity contribution < 1.29 is 8.95 Å². The summed E-state index contributed by atoms with van der Waals surface area (Å²) in [7, 11) is -3.25. The van der Waals surface area contributed by atoms with Crippen molar-refractivity contribution in [1.29, 1.82) is 0 Å². The van der Waals surface area contributed by atoms with Crippen LogP contribution in [0.2, 0.25) is 39.3 Å². The minimum absolute atomic E-state index is 0.907. The highest BCUT2D eigenvalue weighted by Crippen LogP contribution is 2.22. The first kappa shape index (κ1) is 17.0. The summed E-state index contributed by atoms with van der Waals surface area (Å²) >= 11 is 0. The summed E-state index contributed by atoms with van der Waals surface area (Å²) in [5, 5.41) is 4.15. The van der Waals surface area contributed by atoms with Crippen molar-refractivity contribution in [2.45, 2.75) is 52.6 Å². The van der Waals surface area contributed by atoms with Gasteiger partial charge in [-0.15, -0.1) is 5.16 Å². The lowest BCUT2D eigenvalue weighted by Crippen LogP contribution is -2.29. The van der Waals surface area contributed by atoms with E-state index in [0.29, 0.717) is 0 Å². The smallest absolute Gasteiger partial charge is 0.278 e. The van der Waals surface area contributed by atoms with Crippen molar-refractivity contribution in [3.05, 3.63) is 29.3 Å². The summed E-state index contributed by atoms with van der Waals surface area (Å²) in [5.74, 6) is 0.907. The summed E-state index contributed by atoms with van der Waals surface area (Å²) in [5.41, 5.74) is 2.28. The molecule has 0 aromatic heterocycles. The first-order chi connectivity index (χ1) is 9.11. The van der Waals surface area contributed by atoms with E-state index in [9.17, 15) is 0 Å². The van der Waals surface area contributed by atoms with Gasteiger partial charge >= 0.3 is 0 Å².